The van der Waals surface area contributed by atoms with Crippen LogP contribution in [0.2, 0.25) is 5.02 Å². The Morgan fingerprint density at radius 2 is 1.92 bits per heavy atom. The lowest BCUT2D eigenvalue weighted by Gasteiger charge is -2.07. The van der Waals surface area contributed by atoms with Gasteiger partial charge in [0.15, 0.2) is 0 Å². The van der Waals surface area contributed by atoms with Gasteiger partial charge < -0.3 is 5.32 Å². The van der Waals surface area contributed by atoms with E-state index in [0.29, 0.717) is 10.8 Å². The summed E-state index contributed by atoms with van der Waals surface area (Å²) in [6, 6.07) is 7.06. The number of fused-ring (bicyclic) bond motifs is 1. The maximum atomic E-state index is 12.2. The molecule has 0 aliphatic heterocycles. The average molecular weight is 378 g/mol. The van der Waals surface area contributed by atoms with Crippen molar-refractivity contribution < 1.29 is 4.79 Å². The highest BCUT2D eigenvalue weighted by atomic mass is 35.5. The van der Waals surface area contributed by atoms with Crippen molar-refractivity contribution in [1.82, 2.24) is 9.97 Å². The zero-order chi connectivity index (χ0) is 17.3. The Bertz CT molecular complexity index is 906. The third kappa shape index (κ3) is 3.71. The number of amides is 1. The molecular formula is C17H16ClN3OS2. The number of hydrogen-bond donors (Lipinski definition) is 1. The molecule has 0 aliphatic carbocycles. The van der Waals surface area contributed by atoms with Gasteiger partial charge in [0.25, 0.3) is 0 Å². The Labute approximate surface area is 153 Å². The number of hydrogen-bond acceptors (Lipinski definition) is 5. The van der Waals surface area contributed by atoms with Gasteiger partial charge in [0.1, 0.15) is 15.7 Å². The van der Waals surface area contributed by atoms with E-state index in [1.165, 1.54) is 22.2 Å². The lowest BCUT2D eigenvalue weighted by Crippen LogP contribution is -2.14. The van der Waals surface area contributed by atoms with Crippen LogP contribution in [0.1, 0.15) is 16.3 Å². The zero-order valence-electron chi connectivity index (χ0n) is 13.5. The topological polar surface area (TPSA) is 54.9 Å². The zero-order valence-corrected chi connectivity index (χ0v) is 15.9. The molecule has 0 saturated heterocycles. The second kappa shape index (κ2) is 7.09. The number of carbonyl (C=O) groups excluding carboxylic acids is 1. The molecule has 0 atom stereocenters. The third-order valence-corrected chi connectivity index (χ3v) is 5.90. The van der Waals surface area contributed by atoms with Crippen molar-refractivity contribution >= 4 is 56.5 Å². The van der Waals surface area contributed by atoms with Gasteiger partial charge in [-0.1, -0.05) is 23.4 Å². The molecule has 0 aliphatic rings. The van der Waals surface area contributed by atoms with Crippen molar-refractivity contribution in [3.8, 4) is 0 Å². The summed E-state index contributed by atoms with van der Waals surface area (Å²) in [5, 5.41) is 5.43. The van der Waals surface area contributed by atoms with E-state index in [0.717, 1.165) is 26.8 Å². The molecule has 3 aromatic rings. The van der Waals surface area contributed by atoms with E-state index in [-0.39, 0.29) is 5.91 Å². The van der Waals surface area contributed by atoms with Crippen LogP contribution in [0.5, 0.6) is 0 Å². The number of nitrogens with one attached hydrogen (secondary N) is 1. The minimum Gasteiger partial charge on any atom is -0.325 e. The van der Waals surface area contributed by atoms with E-state index >= 15 is 0 Å². The lowest BCUT2D eigenvalue weighted by molar-refractivity contribution is -0.113. The molecule has 4 nitrogen and oxygen atoms in total. The van der Waals surface area contributed by atoms with Crippen LogP contribution in [0.25, 0.3) is 10.2 Å². The fourth-order valence-electron chi connectivity index (χ4n) is 2.28. The molecule has 1 aromatic carbocycles. The lowest BCUT2D eigenvalue weighted by atomic mass is 10.2. The van der Waals surface area contributed by atoms with Crippen LogP contribution in [0.4, 0.5) is 5.69 Å². The van der Waals surface area contributed by atoms with E-state index < -0.39 is 0 Å². The van der Waals surface area contributed by atoms with Crippen molar-refractivity contribution in [2.45, 2.75) is 25.8 Å². The molecule has 3 rings (SSSR count). The molecular weight excluding hydrogens is 362 g/mol. The number of carbonyl (C=O) groups is 1. The summed E-state index contributed by atoms with van der Waals surface area (Å²) < 4.78 is 0. The smallest absolute Gasteiger partial charge is 0.234 e. The molecule has 0 saturated carbocycles. The first-order chi connectivity index (χ1) is 11.4. The first-order valence-corrected chi connectivity index (χ1v) is 9.54. The van der Waals surface area contributed by atoms with Crippen molar-refractivity contribution in [3.63, 3.8) is 0 Å². The predicted molar refractivity (Wildman–Crippen MR) is 102 cm³/mol. The van der Waals surface area contributed by atoms with Gasteiger partial charge in [0, 0.05) is 21.0 Å². The molecule has 0 spiro atoms. The molecule has 0 radical (unpaired) electrons. The molecule has 1 amide bonds. The van der Waals surface area contributed by atoms with Crippen LogP contribution >= 0.6 is 34.7 Å². The first kappa shape index (κ1) is 17.2. The van der Waals surface area contributed by atoms with Gasteiger partial charge in [-0.2, -0.15) is 0 Å². The minimum atomic E-state index is -0.0728. The van der Waals surface area contributed by atoms with Crippen LogP contribution in [-0.4, -0.2) is 21.6 Å². The number of aryl methyl sites for hydroxylation is 3. The molecule has 0 unspecified atom stereocenters. The van der Waals surface area contributed by atoms with E-state index in [1.807, 2.05) is 6.92 Å². The van der Waals surface area contributed by atoms with Gasteiger partial charge in [-0.15, -0.1) is 11.3 Å². The van der Waals surface area contributed by atoms with Crippen molar-refractivity contribution in [2.24, 2.45) is 0 Å². The number of thioether (sulfide) groups is 1. The Morgan fingerprint density at radius 3 is 2.62 bits per heavy atom. The van der Waals surface area contributed by atoms with Gasteiger partial charge in [-0.3, -0.25) is 4.79 Å². The van der Waals surface area contributed by atoms with E-state index in [1.54, 1.807) is 35.6 Å². The van der Waals surface area contributed by atoms with Gasteiger partial charge in [0.05, 0.1) is 5.75 Å². The molecule has 0 bridgehead atoms. The molecule has 124 valence electrons. The largest absolute Gasteiger partial charge is 0.325 e. The number of benzene rings is 1. The van der Waals surface area contributed by atoms with Crippen LogP contribution in [0.15, 0.2) is 29.3 Å². The summed E-state index contributed by atoms with van der Waals surface area (Å²) in [5.41, 5.74) is 1.92. The van der Waals surface area contributed by atoms with Gasteiger partial charge >= 0.3 is 0 Å². The van der Waals surface area contributed by atoms with Crippen LogP contribution in [0, 0.1) is 20.8 Å². The SMILES string of the molecule is Cc1nc(SCC(=O)Nc2ccc(Cl)cc2)c2c(C)c(C)sc2n1. The number of nitrogens with zero attached hydrogens (tertiary/aromatic N) is 2. The molecule has 0 fully saturated rings. The Balaban J connectivity index is 1.75. The van der Waals surface area contributed by atoms with Gasteiger partial charge in [0.2, 0.25) is 5.91 Å². The molecule has 1 N–H and O–H groups in total. The molecule has 2 heterocycles. The highest BCUT2D eigenvalue weighted by Gasteiger charge is 2.15. The maximum Gasteiger partial charge on any atom is 0.234 e. The van der Waals surface area contributed by atoms with E-state index in [4.69, 9.17) is 11.6 Å². The van der Waals surface area contributed by atoms with Crippen LogP contribution in [0.3, 0.4) is 0 Å². The maximum absolute atomic E-state index is 12.2. The monoisotopic (exact) mass is 377 g/mol. The number of anilines is 1. The number of thiophene rings is 1. The van der Waals surface area contributed by atoms with E-state index in [2.05, 4.69) is 29.1 Å². The van der Waals surface area contributed by atoms with Crippen molar-refractivity contribution in [2.75, 3.05) is 11.1 Å². The number of halogens is 1. The number of rotatable bonds is 4. The second-order valence-electron chi connectivity index (χ2n) is 5.38. The highest BCUT2D eigenvalue weighted by molar-refractivity contribution is 8.00. The quantitative estimate of drug-likeness (QED) is 0.513. The highest BCUT2D eigenvalue weighted by Crippen LogP contribution is 2.35. The fraction of sp³-hybridized carbons (Fsp3) is 0.235. The minimum absolute atomic E-state index is 0.0728. The van der Waals surface area contributed by atoms with E-state index in [9.17, 15) is 4.79 Å². The van der Waals surface area contributed by atoms with Crippen LogP contribution < -0.4 is 5.32 Å². The normalized spacial score (nSPS) is 11.0. The average Bonchev–Trinajstić information content (AvgIpc) is 2.81. The third-order valence-electron chi connectivity index (χ3n) is 3.58. The summed E-state index contributed by atoms with van der Waals surface area (Å²) in [6.45, 7) is 6.03. The van der Waals surface area contributed by atoms with Crippen molar-refractivity contribution in [3.05, 3.63) is 45.6 Å². The Hall–Kier alpha value is -1.63. The summed E-state index contributed by atoms with van der Waals surface area (Å²) in [7, 11) is 0. The number of aromatic nitrogens is 2. The molecule has 7 heteroatoms. The first-order valence-electron chi connectivity index (χ1n) is 7.36. The van der Waals surface area contributed by atoms with Gasteiger partial charge in [-0.25, -0.2) is 9.97 Å². The van der Waals surface area contributed by atoms with Gasteiger partial charge in [-0.05, 0) is 50.6 Å². The summed E-state index contributed by atoms with van der Waals surface area (Å²) in [5.74, 6) is 0.948. The Kier molecular flexibility index (Phi) is 5.08. The summed E-state index contributed by atoms with van der Waals surface area (Å²) >= 11 is 8.95. The summed E-state index contributed by atoms with van der Waals surface area (Å²) in [4.78, 5) is 23.4. The Morgan fingerprint density at radius 1 is 1.21 bits per heavy atom. The molecule has 2 aromatic heterocycles. The standard InChI is InChI=1S/C17H16ClN3OS2/c1-9-10(2)24-17-15(9)16(19-11(3)20-17)23-8-14(22)21-13-6-4-12(18)5-7-13/h4-7H,8H2,1-3H3,(H,21,22). The predicted octanol–water partition coefficient (Wildman–Crippen LogP) is 5.00. The van der Waals surface area contributed by atoms with Crippen LogP contribution in [-0.2, 0) is 4.79 Å². The molecule has 24 heavy (non-hydrogen) atoms. The summed E-state index contributed by atoms with van der Waals surface area (Å²) in [6.07, 6.45) is 0. The second-order valence-corrected chi connectivity index (χ2v) is 7.99. The van der Waals surface area contributed by atoms with Crippen molar-refractivity contribution in [1.29, 1.82) is 0 Å². The fourth-order valence-corrected chi connectivity index (χ4v) is 4.48.